The van der Waals surface area contributed by atoms with Crippen molar-refractivity contribution in [2.75, 3.05) is 38.2 Å². The van der Waals surface area contributed by atoms with Crippen LogP contribution in [-0.4, -0.2) is 56.2 Å². The molecule has 0 atom stereocenters. The molecule has 1 aromatic rings. The molecule has 1 amide bonds. The van der Waals surface area contributed by atoms with Crippen LogP contribution in [0.25, 0.3) is 0 Å². The summed E-state index contributed by atoms with van der Waals surface area (Å²) in [6, 6.07) is 9.45. The minimum Gasteiger partial charge on any atom is -0.495 e. The monoisotopic (exact) mass is 451 g/mol. The summed E-state index contributed by atoms with van der Waals surface area (Å²) in [6.07, 6.45) is 12.5. The van der Waals surface area contributed by atoms with E-state index in [9.17, 15) is 4.79 Å². The van der Waals surface area contributed by atoms with E-state index in [2.05, 4.69) is 33.3 Å². The van der Waals surface area contributed by atoms with Crippen LogP contribution in [0.1, 0.15) is 64.2 Å². The van der Waals surface area contributed by atoms with Crippen LogP contribution in [0.4, 0.5) is 5.69 Å². The van der Waals surface area contributed by atoms with Gasteiger partial charge in [-0.25, -0.2) is 0 Å². The van der Waals surface area contributed by atoms with Crippen LogP contribution in [0.2, 0.25) is 0 Å². The molecule has 1 saturated heterocycles. The van der Waals surface area contributed by atoms with Crippen molar-refractivity contribution in [1.29, 1.82) is 0 Å². The Morgan fingerprint density at radius 1 is 0.909 bits per heavy atom. The predicted molar refractivity (Wildman–Crippen MR) is 132 cm³/mol. The summed E-state index contributed by atoms with van der Waals surface area (Å²) in [6.45, 7) is 4.35. The zero-order valence-corrected chi connectivity index (χ0v) is 20.3. The summed E-state index contributed by atoms with van der Waals surface area (Å²) in [5.41, 5.74) is 1.22. The summed E-state index contributed by atoms with van der Waals surface area (Å²) in [5, 5.41) is 3.56. The third kappa shape index (κ3) is 4.15. The second-order valence-corrected chi connectivity index (χ2v) is 11.9. The Morgan fingerprint density at radius 3 is 2.12 bits per heavy atom. The Bertz CT molecular complexity index is 819. The summed E-state index contributed by atoms with van der Waals surface area (Å²) in [7, 11) is 1.76. The average Bonchev–Trinajstić information content (AvgIpc) is 2.84. The van der Waals surface area contributed by atoms with Crippen molar-refractivity contribution in [1.82, 2.24) is 10.2 Å². The van der Waals surface area contributed by atoms with Crippen LogP contribution in [0, 0.1) is 23.2 Å². The maximum absolute atomic E-state index is 13.4. The molecule has 6 fully saturated rings. The maximum atomic E-state index is 13.4. The first-order chi connectivity index (χ1) is 16.1. The number of carbonyl (C=O) groups excluding carboxylic acids is 1. The number of benzene rings is 1. The van der Waals surface area contributed by atoms with Gasteiger partial charge < -0.3 is 15.0 Å². The minimum absolute atomic E-state index is 0.000419. The van der Waals surface area contributed by atoms with Gasteiger partial charge in [0, 0.05) is 43.7 Å². The van der Waals surface area contributed by atoms with Crippen molar-refractivity contribution in [2.45, 2.75) is 76.3 Å². The van der Waals surface area contributed by atoms with Crippen LogP contribution in [0.3, 0.4) is 0 Å². The zero-order chi connectivity index (χ0) is 22.4. The van der Waals surface area contributed by atoms with Gasteiger partial charge in [0.25, 0.3) is 0 Å². The second-order valence-electron chi connectivity index (χ2n) is 11.9. The fourth-order valence-corrected chi connectivity index (χ4v) is 8.53. The van der Waals surface area contributed by atoms with E-state index in [1.807, 2.05) is 6.07 Å². The molecule has 0 unspecified atom stereocenters. The van der Waals surface area contributed by atoms with Gasteiger partial charge in [-0.05, 0) is 94.1 Å². The molecular formula is C28H41N3O2. The summed E-state index contributed by atoms with van der Waals surface area (Å²) >= 11 is 0. The normalized spacial score (nSPS) is 38.3. The topological polar surface area (TPSA) is 44.8 Å². The number of anilines is 1. The van der Waals surface area contributed by atoms with Crippen LogP contribution >= 0.6 is 0 Å². The molecule has 180 valence electrons. The van der Waals surface area contributed by atoms with Gasteiger partial charge in [0.1, 0.15) is 5.75 Å². The molecule has 5 nitrogen and oxygen atoms in total. The molecule has 4 bridgehead atoms. The van der Waals surface area contributed by atoms with Crippen LogP contribution in [0.15, 0.2) is 24.3 Å². The Kier molecular flexibility index (Phi) is 5.80. The Hall–Kier alpha value is -1.75. The fourth-order valence-electron chi connectivity index (χ4n) is 8.53. The van der Waals surface area contributed by atoms with E-state index in [-0.39, 0.29) is 5.41 Å². The second kappa shape index (κ2) is 8.79. The minimum atomic E-state index is 0.000419. The quantitative estimate of drug-likeness (QED) is 0.718. The summed E-state index contributed by atoms with van der Waals surface area (Å²) in [4.78, 5) is 18.6. The van der Waals surface area contributed by atoms with Gasteiger partial charge in [0.05, 0.1) is 12.8 Å². The van der Waals surface area contributed by atoms with E-state index >= 15 is 0 Å². The van der Waals surface area contributed by atoms with Gasteiger partial charge in [0.2, 0.25) is 5.91 Å². The molecule has 6 aliphatic rings. The van der Waals surface area contributed by atoms with E-state index in [0.717, 1.165) is 62.5 Å². The molecule has 1 aliphatic heterocycles. The number of rotatable bonds is 5. The third-order valence-corrected chi connectivity index (χ3v) is 9.81. The van der Waals surface area contributed by atoms with Gasteiger partial charge in [-0.15, -0.1) is 0 Å². The number of ether oxygens (including phenoxy) is 1. The molecular weight excluding hydrogens is 410 g/mol. The molecule has 7 rings (SSSR count). The first-order valence-corrected chi connectivity index (χ1v) is 13.5. The lowest BCUT2D eigenvalue weighted by Crippen LogP contribution is -2.56. The van der Waals surface area contributed by atoms with Gasteiger partial charge in [-0.3, -0.25) is 9.69 Å². The molecule has 1 aromatic carbocycles. The van der Waals surface area contributed by atoms with Gasteiger partial charge in [-0.2, -0.15) is 0 Å². The highest BCUT2D eigenvalue weighted by Crippen LogP contribution is 2.60. The van der Waals surface area contributed by atoms with Crippen molar-refractivity contribution in [3.63, 3.8) is 0 Å². The number of nitrogens with one attached hydrogen (secondary N) is 1. The van der Waals surface area contributed by atoms with E-state index in [1.54, 1.807) is 7.11 Å². The molecule has 1 N–H and O–H groups in total. The maximum Gasteiger partial charge on any atom is 0.226 e. The van der Waals surface area contributed by atoms with Crippen LogP contribution in [-0.2, 0) is 4.79 Å². The standard InChI is InChI=1S/C28H41N3O2/c1-33-26-5-3-2-4-25(26)31-12-10-30(11-13-31)24-8-6-23(7-9-24)29-27(32)28-17-20-14-21(18-28)16-22(15-20)19-28/h2-5,20-24H,6-19H2,1H3,(H,29,32). The molecule has 0 aromatic heterocycles. The summed E-state index contributed by atoms with van der Waals surface area (Å²) < 4.78 is 5.57. The van der Waals surface area contributed by atoms with Crippen molar-refractivity contribution in [3.8, 4) is 5.75 Å². The van der Waals surface area contributed by atoms with E-state index in [1.165, 1.54) is 57.1 Å². The average molecular weight is 452 g/mol. The van der Waals surface area contributed by atoms with Gasteiger partial charge in [-0.1, -0.05) is 12.1 Å². The van der Waals surface area contributed by atoms with Crippen molar-refractivity contribution >= 4 is 11.6 Å². The number of piperazine rings is 1. The molecule has 33 heavy (non-hydrogen) atoms. The van der Waals surface area contributed by atoms with Crippen molar-refractivity contribution in [3.05, 3.63) is 24.3 Å². The smallest absolute Gasteiger partial charge is 0.226 e. The highest BCUT2D eigenvalue weighted by Gasteiger charge is 2.54. The molecule has 5 saturated carbocycles. The number of amides is 1. The molecule has 0 spiro atoms. The lowest BCUT2D eigenvalue weighted by molar-refractivity contribution is -0.147. The largest absolute Gasteiger partial charge is 0.495 e. The summed E-state index contributed by atoms with van der Waals surface area (Å²) in [5.74, 6) is 3.92. The Balaban J connectivity index is 0.989. The fraction of sp³-hybridized carbons (Fsp3) is 0.750. The van der Waals surface area contributed by atoms with Gasteiger partial charge >= 0.3 is 0 Å². The number of para-hydroxylation sites is 2. The van der Waals surface area contributed by atoms with E-state index < -0.39 is 0 Å². The Morgan fingerprint density at radius 2 is 1.52 bits per heavy atom. The first kappa shape index (κ1) is 21.8. The number of nitrogens with zero attached hydrogens (tertiary/aromatic N) is 2. The SMILES string of the molecule is COc1ccccc1N1CCN(C2CCC(NC(=O)C34CC5CC(CC(C5)C3)C4)CC2)CC1. The third-order valence-electron chi connectivity index (χ3n) is 9.81. The number of hydrogen-bond donors (Lipinski definition) is 1. The highest BCUT2D eigenvalue weighted by molar-refractivity contribution is 5.83. The van der Waals surface area contributed by atoms with Gasteiger partial charge in [0.15, 0.2) is 0 Å². The van der Waals surface area contributed by atoms with Crippen LogP contribution in [0.5, 0.6) is 5.75 Å². The number of hydrogen-bond acceptors (Lipinski definition) is 4. The number of methoxy groups -OCH3 is 1. The molecule has 5 heteroatoms. The zero-order valence-electron chi connectivity index (χ0n) is 20.3. The predicted octanol–water partition coefficient (Wildman–Crippen LogP) is 4.46. The van der Waals surface area contributed by atoms with E-state index in [0.29, 0.717) is 18.0 Å². The molecule has 1 heterocycles. The van der Waals surface area contributed by atoms with Crippen LogP contribution < -0.4 is 15.0 Å². The van der Waals surface area contributed by atoms with Crippen molar-refractivity contribution < 1.29 is 9.53 Å². The number of carbonyl (C=O) groups is 1. The van der Waals surface area contributed by atoms with Crippen molar-refractivity contribution in [2.24, 2.45) is 23.2 Å². The molecule has 0 radical (unpaired) electrons. The molecule has 5 aliphatic carbocycles. The lowest BCUT2D eigenvalue weighted by Gasteiger charge is -2.56. The lowest BCUT2D eigenvalue weighted by atomic mass is 9.49. The van der Waals surface area contributed by atoms with E-state index in [4.69, 9.17) is 4.74 Å². The Labute approximate surface area is 199 Å². The highest BCUT2D eigenvalue weighted by atomic mass is 16.5. The first-order valence-electron chi connectivity index (χ1n) is 13.5.